The molecule has 0 unspecified atom stereocenters. The van der Waals surface area contributed by atoms with Gasteiger partial charge in [-0.3, -0.25) is 0 Å². The first-order valence-electron chi connectivity index (χ1n) is 5.74. The molecule has 0 aliphatic rings. The van der Waals surface area contributed by atoms with Gasteiger partial charge in [0.25, 0.3) is 0 Å². The van der Waals surface area contributed by atoms with Gasteiger partial charge in [-0.25, -0.2) is 9.37 Å². The van der Waals surface area contributed by atoms with E-state index in [4.69, 9.17) is 5.73 Å². The van der Waals surface area contributed by atoms with Crippen LogP contribution < -0.4 is 5.73 Å². The van der Waals surface area contributed by atoms with E-state index in [1.165, 1.54) is 6.07 Å². The summed E-state index contributed by atoms with van der Waals surface area (Å²) in [4.78, 5) is 4.29. The number of nitrogens with two attached hydrogens (primary N) is 1. The number of nitrogen functional groups attached to an aromatic ring is 1. The first kappa shape index (κ1) is 11.6. The monoisotopic (exact) mass is 233 g/mol. The van der Waals surface area contributed by atoms with Crippen LogP contribution in [0.1, 0.15) is 24.7 Å². The highest BCUT2D eigenvalue weighted by atomic mass is 19.1. The van der Waals surface area contributed by atoms with Crippen molar-refractivity contribution in [3.63, 3.8) is 0 Å². The molecule has 0 aliphatic carbocycles. The van der Waals surface area contributed by atoms with Crippen molar-refractivity contribution in [1.29, 1.82) is 0 Å². The van der Waals surface area contributed by atoms with Crippen molar-refractivity contribution in [2.75, 3.05) is 5.73 Å². The molecule has 3 nitrogen and oxygen atoms in total. The van der Waals surface area contributed by atoms with Crippen molar-refractivity contribution >= 4 is 5.69 Å². The number of aromatic nitrogens is 2. The van der Waals surface area contributed by atoms with Gasteiger partial charge < -0.3 is 10.3 Å². The lowest BCUT2D eigenvalue weighted by Gasteiger charge is -2.07. The second-order valence-electron chi connectivity index (χ2n) is 4.07. The number of imidazole rings is 1. The van der Waals surface area contributed by atoms with Crippen LogP contribution in [0, 0.1) is 5.82 Å². The number of anilines is 1. The number of hydrogen-bond acceptors (Lipinski definition) is 2. The zero-order valence-electron chi connectivity index (χ0n) is 9.86. The Hall–Kier alpha value is -1.84. The highest BCUT2D eigenvalue weighted by Crippen LogP contribution is 2.15. The SMILES string of the molecule is CCCn1ccnc1Cc1ccc(N)c(F)c1. The van der Waals surface area contributed by atoms with E-state index in [0.29, 0.717) is 6.42 Å². The Morgan fingerprint density at radius 3 is 2.94 bits per heavy atom. The van der Waals surface area contributed by atoms with Gasteiger partial charge in [0.2, 0.25) is 0 Å². The second-order valence-corrected chi connectivity index (χ2v) is 4.07. The number of halogens is 1. The summed E-state index contributed by atoms with van der Waals surface area (Å²) < 4.78 is 15.4. The van der Waals surface area contributed by atoms with E-state index in [1.807, 2.05) is 12.3 Å². The molecule has 0 amide bonds. The zero-order valence-corrected chi connectivity index (χ0v) is 9.86. The summed E-state index contributed by atoms with van der Waals surface area (Å²) in [6, 6.07) is 4.90. The van der Waals surface area contributed by atoms with Crippen molar-refractivity contribution in [2.45, 2.75) is 26.3 Å². The van der Waals surface area contributed by atoms with Crippen LogP contribution in [-0.2, 0) is 13.0 Å². The molecule has 0 fully saturated rings. The summed E-state index contributed by atoms with van der Waals surface area (Å²) in [7, 11) is 0. The van der Waals surface area contributed by atoms with Gasteiger partial charge in [-0.05, 0) is 24.1 Å². The molecule has 0 bridgehead atoms. The maximum Gasteiger partial charge on any atom is 0.146 e. The van der Waals surface area contributed by atoms with Crippen molar-refractivity contribution in [3.05, 3.63) is 47.8 Å². The predicted molar refractivity (Wildman–Crippen MR) is 66.1 cm³/mol. The van der Waals surface area contributed by atoms with E-state index in [1.54, 1.807) is 12.3 Å². The summed E-state index contributed by atoms with van der Waals surface area (Å²) in [5, 5.41) is 0. The Labute approximate surface area is 100 Å². The fourth-order valence-electron chi connectivity index (χ4n) is 1.81. The molecule has 0 saturated heterocycles. The van der Waals surface area contributed by atoms with Crippen LogP contribution in [-0.4, -0.2) is 9.55 Å². The van der Waals surface area contributed by atoms with Crippen LogP contribution in [0.25, 0.3) is 0 Å². The Kier molecular flexibility index (Phi) is 3.42. The minimum Gasteiger partial charge on any atom is -0.396 e. The normalized spacial score (nSPS) is 10.7. The van der Waals surface area contributed by atoms with Crippen LogP contribution in [0.15, 0.2) is 30.6 Å². The quantitative estimate of drug-likeness (QED) is 0.825. The molecule has 0 spiro atoms. The van der Waals surface area contributed by atoms with E-state index < -0.39 is 0 Å². The molecule has 1 aromatic carbocycles. The smallest absolute Gasteiger partial charge is 0.146 e. The third-order valence-electron chi connectivity index (χ3n) is 2.69. The molecule has 4 heteroatoms. The Morgan fingerprint density at radius 2 is 2.24 bits per heavy atom. The van der Waals surface area contributed by atoms with Gasteiger partial charge in [-0.1, -0.05) is 13.0 Å². The van der Waals surface area contributed by atoms with Gasteiger partial charge in [0.15, 0.2) is 0 Å². The minimum atomic E-state index is -0.365. The van der Waals surface area contributed by atoms with Crippen molar-refractivity contribution < 1.29 is 4.39 Å². The Bertz CT molecular complexity index is 505. The largest absolute Gasteiger partial charge is 0.396 e. The third kappa shape index (κ3) is 2.64. The summed E-state index contributed by atoms with van der Waals surface area (Å²) in [5.41, 5.74) is 6.52. The molecule has 2 rings (SSSR count). The predicted octanol–water partition coefficient (Wildman–Crippen LogP) is 2.61. The zero-order chi connectivity index (χ0) is 12.3. The van der Waals surface area contributed by atoms with Crippen molar-refractivity contribution in [2.24, 2.45) is 0 Å². The number of hydrogen-bond donors (Lipinski definition) is 1. The molecule has 17 heavy (non-hydrogen) atoms. The van der Waals surface area contributed by atoms with Crippen LogP contribution in [0.3, 0.4) is 0 Å². The van der Waals surface area contributed by atoms with Gasteiger partial charge in [0.05, 0.1) is 5.69 Å². The molecule has 0 aliphatic heterocycles. The molecule has 2 N–H and O–H groups in total. The molecular formula is C13H16FN3. The molecule has 0 radical (unpaired) electrons. The molecule has 0 saturated carbocycles. The summed E-state index contributed by atoms with van der Waals surface area (Å²) in [6.45, 7) is 3.06. The topological polar surface area (TPSA) is 43.8 Å². The van der Waals surface area contributed by atoms with Crippen LogP contribution in [0.5, 0.6) is 0 Å². The average Bonchev–Trinajstić information content (AvgIpc) is 2.72. The van der Waals surface area contributed by atoms with Gasteiger partial charge in [-0.2, -0.15) is 0 Å². The summed E-state index contributed by atoms with van der Waals surface area (Å²) in [6.07, 6.45) is 5.41. The second kappa shape index (κ2) is 4.99. The maximum absolute atomic E-state index is 13.3. The lowest BCUT2D eigenvalue weighted by Crippen LogP contribution is -2.04. The first-order valence-corrected chi connectivity index (χ1v) is 5.74. The number of nitrogens with zero attached hydrogens (tertiary/aromatic N) is 2. The Balaban J connectivity index is 2.19. The standard InChI is InChI=1S/C13H16FN3/c1-2-6-17-7-5-16-13(17)9-10-3-4-12(15)11(14)8-10/h3-5,7-8H,2,6,9,15H2,1H3. The van der Waals surface area contributed by atoms with Gasteiger partial charge in [-0.15, -0.1) is 0 Å². The maximum atomic E-state index is 13.3. The number of benzene rings is 1. The van der Waals surface area contributed by atoms with E-state index in [2.05, 4.69) is 16.5 Å². The average molecular weight is 233 g/mol. The fourth-order valence-corrected chi connectivity index (χ4v) is 1.81. The highest BCUT2D eigenvalue weighted by molar-refractivity contribution is 5.41. The van der Waals surface area contributed by atoms with E-state index in [9.17, 15) is 4.39 Å². The van der Waals surface area contributed by atoms with Gasteiger partial charge in [0.1, 0.15) is 11.6 Å². The minimum absolute atomic E-state index is 0.186. The van der Waals surface area contributed by atoms with Crippen molar-refractivity contribution in [1.82, 2.24) is 9.55 Å². The molecular weight excluding hydrogens is 217 g/mol. The molecule has 2 aromatic rings. The number of rotatable bonds is 4. The van der Waals surface area contributed by atoms with E-state index in [0.717, 1.165) is 24.4 Å². The third-order valence-corrected chi connectivity index (χ3v) is 2.69. The fraction of sp³-hybridized carbons (Fsp3) is 0.308. The van der Waals surface area contributed by atoms with E-state index >= 15 is 0 Å². The van der Waals surface area contributed by atoms with Crippen LogP contribution in [0.2, 0.25) is 0 Å². The van der Waals surface area contributed by atoms with Crippen LogP contribution in [0.4, 0.5) is 10.1 Å². The molecule has 0 atom stereocenters. The summed E-state index contributed by atoms with van der Waals surface area (Å²) in [5.74, 6) is 0.590. The molecule has 1 heterocycles. The lowest BCUT2D eigenvalue weighted by atomic mass is 10.1. The first-order chi connectivity index (χ1) is 8.20. The molecule has 90 valence electrons. The molecule has 1 aromatic heterocycles. The van der Waals surface area contributed by atoms with E-state index in [-0.39, 0.29) is 11.5 Å². The van der Waals surface area contributed by atoms with Crippen molar-refractivity contribution in [3.8, 4) is 0 Å². The van der Waals surface area contributed by atoms with Gasteiger partial charge in [0, 0.05) is 25.4 Å². The Morgan fingerprint density at radius 1 is 1.41 bits per heavy atom. The van der Waals surface area contributed by atoms with Gasteiger partial charge >= 0.3 is 0 Å². The lowest BCUT2D eigenvalue weighted by molar-refractivity contribution is 0.627. The number of aryl methyl sites for hydroxylation is 1. The van der Waals surface area contributed by atoms with Crippen LogP contribution >= 0.6 is 0 Å². The summed E-state index contributed by atoms with van der Waals surface area (Å²) >= 11 is 0. The highest BCUT2D eigenvalue weighted by Gasteiger charge is 2.05.